The fraction of sp³-hybridized carbons (Fsp3) is 0.386. The quantitative estimate of drug-likeness (QED) is 0.0759. The topological polar surface area (TPSA) is 107 Å². The minimum atomic E-state index is -0.781. The molecule has 4 aromatic rings. The lowest BCUT2D eigenvalue weighted by molar-refractivity contribution is 0.0193. The molecule has 0 aliphatic rings. The van der Waals surface area contributed by atoms with Crippen LogP contribution in [0.25, 0.3) is 0 Å². The second kappa shape index (κ2) is 15.3. The molecule has 4 aromatic carbocycles. The summed E-state index contributed by atoms with van der Waals surface area (Å²) in [5.41, 5.74) is 1.88. The van der Waals surface area contributed by atoms with Gasteiger partial charge in [-0.2, -0.15) is 0 Å². The average Bonchev–Trinajstić information content (AvgIpc) is 3.02. The lowest BCUT2D eigenvalue weighted by Gasteiger charge is -2.33. The van der Waals surface area contributed by atoms with Gasteiger partial charge in [-0.25, -0.2) is 14.4 Å². The monoisotopic (exact) mass is 724 g/mol. The van der Waals surface area contributed by atoms with Crippen LogP contribution in [0.4, 0.5) is 14.4 Å². The summed E-state index contributed by atoms with van der Waals surface area (Å²) in [5, 5.41) is 0. The minimum Gasteiger partial charge on any atom is -0.428 e. The van der Waals surface area contributed by atoms with Gasteiger partial charge in [0.1, 0.15) is 34.1 Å². The van der Waals surface area contributed by atoms with Crippen LogP contribution in [0.2, 0.25) is 0 Å². The van der Waals surface area contributed by atoms with E-state index in [0.29, 0.717) is 17.2 Å². The van der Waals surface area contributed by atoms with E-state index in [1.165, 1.54) is 0 Å². The van der Waals surface area contributed by atoms with Gasteiger partial charge in [-0.1, -0.05) is 74.5 Å². The molecule has 0 fully saturated rings. The molecule has 0 bridgehead atoms. The number of ether oxygens (including phenoxy) is 6. The van der Waals surface area contributed by atoms with Crippen molar-refractivity contribution in [1.82, 2.24) is 0 Å². The summed E-state index contributed by atoms with van der Waals surface area (Å²) in [5.74, 6) is 1.10. The first-order valence-corrected chi connectivity index (χ1v) is 17.6. The molecule has 0 amide bonds. The Morgan fingerprint density at radius 1 is 0.340 bits per heavy atom. The van der Waals surface area contributed by atoms with Crippen LogP contribution in [0.5, 0.6) is 17.2 Å². The van der Waals surface area contributed by atoms with E-state index in [9.17, 15) is 14.4 Å². The number of rotatable bonds is 8. The number of carbonyl (C=O) groups is 3. The van der Waals surface area contributed by atoms with Gasteiger partial charge in [0, 0.05) is 10.8 Å². The standard InChI is InChI=1S/C44H52O9/c1-40(2,3)51-37(45)48-34-23-17-30(18-24-34)43(10,11)29-13-15-31(16-14-29)44(12,32-19-25-35(26-20-32)49-38(46)52-41(4,5)6)33-21-27-36(28-22-33)50-39(47)53-42(7,8)9/h13-28H,1-12H3. The summed E-state index contributed by atoms with van der Waals surface area (Å²) in [6.07, 6.45) is -2.31. The molecule has 282 valence electrons. The van der Waals surface area contributed by atoms with Crippen molar-refractivity contribution in [2.45, 2.75) is 111 Å². The number of carbonyl (C=O) groups excluding carboxylic acids is 3. The van der Waals surface area contributed by atoms with Gasteiger partial charge in [0.25, 0.3) is 0 Å². The maximum Gasteiger partial charge on any atom is 0.514 e. The molecule has 0 aromatic heterocycles. The Morgan fingerprint density at radius 3 is 0.792 bits per heavy atom. The molecule has 0 heterocycles. The largest absolute Gasteiger partial charge is 0.514 e. The molecular formula is C44H52O9. The van der Waals surface area contributed by atoms with E-state index in [0.717, 1.165) is 27.8 Å². The van der Waals surface area contributed by atoms with E-state index in [-0.39, 0.29) is 5.41 Å². The third-order valence-electron chi connectivity index (χ3n) is 8.40. The number of benzene rings is 4. The van der Waals surface area contributed by atoms with Crippen LogP contribution in [0, 0.1) is 0 Å². The van der Waals surface area contributed by atoms with Crippen molar-refractivity contribution in [3.8, 4) is 17.2 Å². The van der Waals surface area contributed by atoms with E-state index in [1.54, 1.807) is 98.7 Å². The summed E-state index contributed by atoms with van der Waals surface area (Å²) in [6, 6.07) is 30.5. The molecular weight excluding hydrogens is 672 g/mol. The highest BCUT2D eigenvalue weighted by molar-refractivity contribution is 5.66. The van der Waals surface area contributed by atoms with Gasteiger partial charge in [-0.05, 0) is 133 Å². The predicted molar refractivity (Wildman–Crippen MR) is 204 cm³/mol. The highest BCUT2D eigenvalue weighted by Crippen LogP contribution is 2.42. The predicted octanol–water partition coefficient (Wildman–Crippen LogP) is 11.3. The highest BCUT2D eigenvalue weighted by Gasteiger charge is 2.33. The normalized spacial score (nSPS) is 12.4. The van der Waals surface area contributed by atoms with E-state index >= 15 is 0 Å². The third-order valence-corrected chi connectivity index (χ3v) is 8.40. The molecule has 0 atom stereocenters. The van der Waals surface area contributed by atoms with Crippen LogP contribution in [-0.2, 0) is 25.0 Å². The van der Waals surface area contributed by atoms with E-state index in [1.807, 2.05) is 36.4 Å². The van der Waals surface area contributed by atoms with Crippen LogP contribution >= 0.6 is 0 Å². The van der Waals surface area contributed by atoms with Crippen molar-refractivity contribution in [2.75, 3.05) is 0 Å². The lowest BCUT2D eigenvalue weighted by Crippen LogP contribution is -2.27. The van der Waals surface area contributed by atoms with Gasteiger partial charge in [0.05, 0.1) is 0 Å². The second-order valence-electron chi connectivity index (χ2n) is 16.6. The van der Waals surface area contributed by atoms with Gasteiger partial charge in [0.15, 0.2) is 0 Å². The smallest absolute Gasteiger partial charge is 0.428 e. The average molecular weight is 725 g/mol. The van der Waals surface area contributed by atoms with Crippen molar-refractivity contribution in [1.29, 1.82) is 0 Å². The first-order valence-electron chi connectivity index (χ1n) is 17.6. The molecule has 9 nitrogen and oxygen atoms in total. The Labute approximate surface area is 313 Å². The van der Waals surface area contributed by atoms with Crippen LogP contribution in [0.3, 0.4) is 0 Å². The van der Waals surface area contributed by atoms with Crippen molar-refractivity contribution in [2.24, 2.45) is 0 Å². The van der Waals surface area contributed by atoms with Crippen LogP contribution in [0.15, 0.2) is 97.1 Å². The maximum absolute atomic E-state index is 12.3. The summed E-state index contributed by atoms with van der Waals surface area (Å²) >= 11 is 0. The van der Waals surface area contributed by atoms with Crippen LogP contribution in [0.1, 0.15) is 111 Å². The fourth-order valence-electron chi connectivity index (χ4n) is 5.64. The van der Waals surface area contributed by atoms with Gasteiger partial charge >= 0.3 is 18.5 Å². The summed E-state index contributed by atoms with van der Waals surface area (Å²) in [7, 11) is 0. The van der Waals surface area contributed by atoms with Crippen molar-refractivity contribution in [3.05, 3.63) is 125 Å². The lowest BCUT2D eigenvalue weighted by atomic mass is 9.70. The number of hydrogen-bond donors (Lipinski definition) is 0. The second-order valence-corrected chi connectivity index (χ2v) is 16.6. The molecule has 0 spiro atoms. The van der Waals surface area contributed by atoms with Gasteiger partial charge in [-0.3, -0.25) is 0 Å². The van der Waals surface area contributed by atoms with Crippen molar-refractivity contribution >= 4 is 18.5 Å². The van der Waals surface area contributed by atoms with Crippen molar-refractivity contribution < 1.29 is 42.8 Å². The molecule has 0 unspecified atom stereocenters. The molecule has 4 rings (SSSR count). The molecule has 0 N–H and O–H groups in total. The van der Waals surface area contributed by atoms with Crippen LogP contribution in [-0.4, -0.2) is 35.3 Å². The zero-order valence-electron chi connectivity index (χ0n) is 32.9. The SMILES string of the molecule is CC(C)(C)OC(=O)Oc1ccc(C(C)(C)c2ccc(C(C)(c3ccc(OC(=O)OC(C)(C)C)cc3)c3ccc(OC(=O)OC(C)(C)C)cc3)cc2)cc1. The van der Waals surface area contributed by atoms with Gasteiger partial charge < -0.3 is 28.4 Å². The van der Waals surface area contributed by atoms with Crippen LogP contribution < -0.4 is 14.2 Å². The van der Waals surface area contributed by atoms with E-state index < -0.39 is 40.7 Å². The Morgan fingerprint density at radius 2 is 0.547 bits per heavy atom. The molecule has 0 aliphatic carbocycles. The fourth-order valence-corrected chi connectivity index (χ4v) is 5.64. The van der Waals surface area contributed by atoms with E-state index in [2.05, 4.69) is 45.0 Å². The third kappa shape index (κ3) is 11.1. The Balaban J connectivity index is 1.65. The Kier molecular flexibility index (Phi) is 11.7. The minimum absolute atomic E-state index is 0.353. The molecule has 53 heavy (non-hydrogen) atoms. The van der Waals surface area contributed by atoms with Crippen molar-refractivity contribution in [3.63, 3.8) is 0 Å². The summed E-state index contributed by atoms with van der Waals surface area (Å²) < 4.78 is 32.2. The zero-order chi connectivity index (χ0) is 39.4. The number of hydrogen-bond acceptors (Lipinski definition) is 9. The molecule has 0 saturated carbocycles. The molecule has 0 aliphatic heterocycles. The van der Waals surface area contributed by atoms with Gasteiger partial charge in [-0.15, -0.1) is 0 Å². The molecule has 0 saturated heterocycles. The highest BCUT2D eigenvalue weighted by atomic mass is 16.7. The van der Waals surface area contributed by atoms with E-state index in [4.69, 9.17) is 28.4 Å². The Bertz CT molecular complexity index is 1790. The Hall–Kier alpha value is -5.31. The molecule has 0 radical (unpaired) electrons. The first kappa shape index (κ1) is 40.5. The first-order chi connectivity index (χ1) is 24.4. The molecule has 9 heteroatoms. The maximum atomic E-state index is 12.3. The summed E-state index contributed by atoms with van der Waals surface area (Å²) in [6.45, 7) is 22.4. The van der Waals surface area contributed by atoms with Gasteiger partial charge in [0.2, 0.25) is 0 Å². The zero-order valence-corrected chi connectivity index (χ0v) is 32.9. The summed E-state index contributed by atoms with van der Waals surface area (Å²) in [4.78, 5) is 36.9.